The van der Waals surface area contributed by atoms with E-state index in [1.54, 1.807) is 7.11 Å². The van der Waals surface area contributed by atoms with E-state index >= 15 is 0 Å². The van der Waals surface area contributed by atoms with Gasteiger partial charge in [0.05, 0.1) is 7.11 Å². The van der Waals surface area contributed by atoms with Crippen LogP contribution in [0.5, 0.6) is 5.75 Å². The van der Waals surface area contributed by atoms with Gasteiger partial charge in [-0.25, -0.2) is 0 Å². The van der Waals surface area contributed by atoms with Gasteiger partial charge in [-0.1, -0.05) is 25.0 Å². The van der Waals surface area contributed by atoms with Gasteiger partial charge in [0, 0.05) is 12.1 Å². The van der Waals surface area contributed by atoms with Crippen molar-refractivity contribution in [2.75, 3.05) is 13.7 Å². The summed E-state index contributed by atoms with van der Waals surface area (Å²) in [5, 5.41) is 3.61. The number of nitrogens with one attached hydrogen (secondary N) is 1. The van der Waals surface area contributed by atoms with Gasteiger partial charge in [0.15, 0.2) is 0 Å². The van der Waals surface area contributed by atoms with E-state index in [4.69, 9.17) is 10.5 Å². The molecular formula is C16H26N2O. The number of methoxy groups -OCH3 is 1. The lowest BCUT2D eigenvalue weighted by molar-refractivity contribution is 0.329. The van der Waals surface area contributed by atoms with E-state index in [1.165, 1.54) is 36.8 Å². The third-order valence-electron chi connectivity index (χ3n) is 4.10. The van der Waals surface area contributed by atoms with Gasteiger partial charge in [-0.05, 0) is 49.9 Å². The molecule has 1 aromatic carbocycles. The van der Waals surface area contributed by atoms with E-state index in [9.17, 15) is 0 Å². The molecule has 3 N–H and O–H groups in total. The summed E-state index contributed by atoms with van der Waals surface area (Å²) < 4.78 is 5.28. The summed E-state index contributed by atoms with van der Waals surface area (Å²) in [5.41, 5.74) is 8.70. The first kappa shape index (κ1) is 14.4. The maximum Gasteiger partial charge on any atom is 0.121 e. The Morgan fingerprint density at radius 2 is 2.11 bits per heavy atom. The molecule has 0 aromatic heterocycles. The highest BCUT2D eigenvalue weighted by Crippen LogP contribution is 2.19. The average Bonchev–Trinajstić information content (AvgIpc) is 2.41. The summed E-state index contributed by atoms with van der Waals surface area (Å²) in [4.78, 5) is 0. The lowest BCUT2D eigenvalue weighted by Gasteiger charge is -2.29. The highest BCUT2D eigenvalue weighted by atomic mass is 16.5. The normalized spacial score (nSPS) is 23.3. The Morgan fingerprint density at radius 1 is 1.32 bits per heavy atom. The van der Waals surface area contributed by atoms with Gasteiger partial charge in [-0.3, -0.25) is 0 Å². The van der Waals surface area contributed by atoms with Crippen LogP contribution in [0.2, 0.25) is 0 Å². The van der Waals surface area contributed by atoms with Crippen molar-refractivity contribution in [3.05, 3.63) is 29.3 Å². The minimum atomic E-state index is 0.339. The molecule has 3 nitrogen and oxygen atoms in total. The molecule has 1 aliphatic carbocycles. The molecule has 1 fully saturated rings. The molecule has 1 aliphatic rings. The number of hydrogen-bond acceptors (Lipinski definition) is 3. The maximum absolute atomic E-state index is 6.14. The molecule has 2 unspecified atom stereocenters. The Morgan fingerprint density at radius 3 is 2.79 bits per heavy atom. The van der Waals surface area contributed by atoms with E-state index < -0.39 is 0 Å². The molecule has 0 radical (unpaired) electrons. The Bertz CT molecular complexity index is 406. The van der Waals surface area contributed by atoms with Gasteiger partial charge in [0.1, 0.15) is 5.75 Å². The minimum absolute atomic E-state index is 0.339. The molecule has 3 heteroatoms. The average molecular weight is 262 g/mol. The fourth-order valence-corrected chi connectivity index (χ4v) is 2.91. The van der Waals surface area contributed by atoms with Gasteiger partial charge >= 0.3 is 0 Å². The van der Waals surface area contributed by atoms with Gasteiger partial charge < -0.3 is 15.8 Å². The van der Waals surface area contributed by atoms with Crippen molar-refractivity contribution in [2.45, 2.75) is 51.1 Å². The predicted molar refractivity (Wildman–Crippen MR) is 79.7 cm³/mol. The monoisotopic (exact) mass is 262 g/mol. The third-order valence-corrected chi connectivity index (χ3v) is 4.10. The van der Waals surface area contributed by atoms with Gasteiger partial charge in [0.2, 0.25) is 0 Å². The maximum atomic E-state index is 6.14. The molecule has 0 heterocycles. The second-order valence-corrected chi connectivity index (χ2v) is 5.56. The summed E-state index contributed by atoms with van der Waals surface area (Å²) in [6.07, 6.45) is 6.04. The van der Waals surface area contributed by atoms with Crippen molar-refractivity contribution in [1.29, 1.82) is 0 Å². The van der Waals surface area contributed by atoms with Crippen LogP contribution in [0.15, 0.2) is 18.2 Å². The van der Waals surface area contributed by atoms with Crippen molar-refractivity contribution < 1.29 is 4.74 Å². The van der Waals surface area contributed by atoms with Gasteiger partial charge in [0.25, 0.3) is 0 Å². The first-order chi connectivity index (χ1) is 9.20. The Hall–Kier alpha value is -1.06. The lowest BCUT2D eigenvalue weighted by Crippen LogP contribution is -2.47. The summed E-state index contributed by atoms with van der Waals surface area (Å²) >= 11 is 0. The smallest absolute Gasteiger partial charge is 0.121 e. The summed E-state index contributed by atoms with van der Waals surface area (Å²) in [6.45, 7) is 3.09. The van der Waals surface area contributed by atoms with Crippen molar-refractivity contribution in [1.82, 2.24) is 5.32 Å². The number of benzene rings is 1. The zero-order valence-corrected chi connectivity index (χ0v) is 12.1. The fourth-order valence-electron chi connectivity index (χ4n) is 2.91. The molecule has 0 amide bonds. The van der Waals surface area contributed by atoms with Gasteiger partial charge in [-0.15, -0.1) is 0 Å². The fraction of sp³-hybridized carbons (Fsp3) is 0.625. The molecule has 2 rings (SSSR count). The van der Waals surface area contributed by atoms with Crippen LogP contribution < -0.4 is 15.8 Å². The molecular weight excluding hydrogens is 236 g/mol. The number of hydrogen-bond donors (Lipinski definition) is 2. The van der Waals surface area contributed by atoms with Crippen LogP contribution in [0.3, 0.4) is 0 Å². The first-order valence-corrected chi connectivity index (χ1v) is 7.33. The summed E-state index contributed by atoms with van der Waals surface area (Å²) in [7, 11) is 1.72. The van der Waals surface area contributed by atoms with Crippen LogP contribution in [0.4, 0.5) is 0 Å². The number of ether oxygens (including phenoxy) is 1. The van der Waals surface area contributed by atoms with E-state index in [2.05, 4.69) is 30.4 Å². The van der Waals surface area contributed by atoms with Crippen molar-refractivity contribution in [3.63, 3.8) is 0 Å². The van der Waals surface area contributed by atoms with Crippen LogP contribution in [-0.2, 0) is 6.42 Å². The van der Waals surface area contributed by atoms with E-state index in [0.717, 1.165) is 18.7 Å². The Labute approximate surface area is 116 Å². The summed E-state index contributed by atoms with van der Waals surface area (Å²) in [6, 6.07) is 7.26. The first-order valence-electron chi connectivity index (χ1n) is 7.33. The minimum Gasteiger partial charge on any atom is -0.496 e. The largest absolute Gasteiger partial charge is 0.496 e. The SMILES string of the molecule is COc1ccc(CCNC2CCCCC2N)cc1C. The molecule has 0 bridgehead atoms. The molecule has 2 atom stereocenters. The van der Waals surface area contributed by atoms with E-state index in [-0.39, 0.29) is 0 Å². The summed E-state index contributed by atoms with van der Waals surface area (Å²) in [5.74, 6) is 0.964. The van der Waals surface area contributed by atoms with Gasteiger partial charge in [-0.2, -0.15) is 0 Å². The van der Waals surface area contributed by atoms with E-state index in [1.807, 2.05) is 0 Å². The second-order valence-electron chi connectivity index (χ2n) is 5.56. The van der Waals surface area contributed by atoms with Crippen molar-refractivity contribution in [2.24, 2.45) is 5.73 Å². The van der Waals surface area contributed by atoms with Crippen LogP contribution >= 0.6 is 0 Å². The standard InChI is InChI=1S/C16H26N2O/c1-12-11-13(7-8-16(12)19-2)9-10-18-15-6-4-3-5-14(15)17/h7-8,11,14-15,18H,3-6,9-10,17H2,1-2H3. The van der Waals surface area contributed by atoms with E-state index in [0.29, 0.717) is 12.1 Å². The van der Waals surface area contributed by atoms with Crippen LogP contribution in [-0.4, -0.2) is 25.7 Å². The highest BCUT2D eigenvalue weighted by molar-refractivity contribution is 5.36. The van der Waals surface area contributed by atoms with Crippen LogP contribution in [0.25, 0.3) is 0 Å². The lowest BCUT2D eigenvalue weighted by atomic mass is 9.91. The Kier molecular flexibility index (Phi) is 5.23. The quantitative estimate of drug-likeness (QED) is 0.856. The van der Waals surface area contributed by atoms with Crippen molar-refractivity contribution >= 4 is 0 Å². The predicted octanol–water partition coefficient (Wildman–Crippen LogP) is 2.41. The zero-order chi connectivity index (χ0) is 13.7. The zero-order valence-electron chi connectivity index (χ0n) is 12.1. The molecule has 106 valence electrons. The Balaban J connectivity index is 1.80. The number of aryl methyl sites for hydroxylation is 1. The molecule has 1 saturated carbocycles. The molecule has 0 aliphatic heterocycles. The topological polar surface area (TPSA) is 47.3 Å². The molecule has 0 saturated heterocycles. The molecule has 1 aromatic rings. The van der Waals surface area contributed by atoms with Crippen LogP contribution in [0, 0.1) is 6.92 Å². The second kappa shape index (κ2) is 6.92. The highest BCUT2D eigenvalue weighted by Gasteiger charge is 2.20. The molecule has 19 heavy (non-hydrogen) atoms. The van der Waals surface area contributed by atoms with Crippen LogP contribution in [0.1, 0.15) is 36.8 Å². The van der Waals surface area contributed by atoms with Crippen molar-refractivity contribution in [3.8, 4) is 5.75 Å². The number of rotatable bonds is 5. The molecule has 0 spiro atoms. The third kappa shape index (κ3) is 3.95. The number of nitrogens with two attached hydrogens (primary N) is 1.